The molecule has 5 nitrogen and oxygen atoms in total. The van der Waals surface area contributed by atoms with E-state index in [1.165, 1.54) is 21.6 Å². The molecule has 0 radical (unpaired) electrons. The lowest BCUT2D eigenvalue weighted by Gasteiger charge is -2.35. The monoisotopic (exact) mass is 365 g/mol. The van der Waals surface area contributed by atoms with Crippen molar-refractivity contribution < 1.29 is 9.53 Å². The molecule has 1 fully saturated rings. The van der Waals surface area contributed by atoms with Gasteiger partial charge in [0, 0.05) is 37.1 Å². The highest BCUT2D eigenvalue weighted by Gasteiger charge is 2.27. The second-order valence-corrected chi connectivity index (χ2v) is 7.52. The van der Waals surface area contributed by atoms with Crippen LogP contribution in [0, 0.1) is 0 Å². The Bertz CT molecular complexity index is 976. The molecule has 2 aliphatic heterocycles. The summed E-state index contributed by atoms with van der Waals surface area (Å²) in [5.74, 6) is 1.17. The number of carbonyl (C=O) groups excluding carboxylic acids is 1. The third kappa shape index (κ3) is 2.57. The van der Waals surface area contributed by atoms with Gasteiger partial charge in [0.25, 0.3) is 5.91 Å². The number of carbonyl (C=O) groups is 1. The van der Waals surface area contributed by atoms with E-state index in [9.17, 15) is 4.79 Å². The summed E-state index contributed by atoms with van der Waals surface area (Å²) < 4.78 is 11.4. The molecule has 0 N–H and O–H groups in total. The zero-order chi connectivity index (χ0) is 17.5. The predicted octanol–water partition coefficient (Wildman–Crippen LogP) is 3.29. The van der Waals surface area contributed by atoms with Crippen LogP contribution in [0.2, 0.25) is 0 Å². The van der Waals surface area contributed by atoms with Crippen LogP contribution in [0.15, 0.2) is 42.5 Å². The Balaban J connectivity index is 1.33. The Kier molecular flexibility index (Phi) is 3.87. The third-order valence-electron chi connectivity index (χ3n) is 5.23. The van der Waals surface area contributed by atoms with Crippen LogP contribution in [-0.2, 0) is 18.0 Å². The van der Waals surface area contributed by atoms with Crippen molar-refractivity contribution >= 4 is 33.3 Å². The molecule has 0 spiro atoms. The van der Waals surface area contributed by atoms with E-state index >= 15 is 0 Å². The van der Waals surface area contributed by atoms with E-state index in [1.807, 2.05) is 29.2 Å². The van der Waals surface area contributed by atoms with Crippen molar-refractivity contribution in [3.63, 3.8) is 0 Å². The molecular formula is C20H19N3O2S. The second kappa shape index (κ2) is 6.37. The normalized spacial score (nSPS) is 16.9. The molecule has 1 amide bonds. The lowest BCUT2D eigenvalue weighted by atomic mass is 10.0. The smallest absolute Gasteiger partial charge is 0.254 e. The number of hydrogen-bond acceptors (Lipinski definition) is 5. The maximum absolute atomic E-state index is 13.0. The summed E-state index contributed by atoms with van der Waals surface area (Å²) in [5, 5.41) is 1.20. The van der Waals surface area contributed by atoms with Crippen molar-refractivity contribution in [2.45, 2.75) is 13.2 Å². The number of rotatable bonds is 2. The lowest BCUT2D eigenvalue weighted by Crippen LogP contribution is -2.49. The van der Waals surface area contributed by atoms with E-state index in [-0.39, 0.29) is 5.91 Å². The first-order valence-corrected chi connectivity index (χ1v) is 9.66. The molecule has 6 heteroatoms. The van der Waals surface area contributed by atoms with Gasteiger partial charge in [-0.1, -0.05) is 24.3 Å². The maximum atomic E-state index is 13.0. The zero-order valence-electron chi connectivity index (χ0n) is 14.4. The minimum atomic E-state index is 0.120. The predicted molar refractivity (Wildman–Crippen MR) is 103 cm³/mol. The molecule has 132 valence electrons. The number of anilines is 1. The van der Waals surface area contributed by atoms with E-state index in [1.54, 1.807) is 0 Å². The highest BCUT2D eigenvalue weighted by Crippen LogP contribution is 2.30. The fourth-order valence-electron chi connectivity index (χ4n) is 3.80. The van der Waals surface area contributed by atoms with Gasteiger partial charge in [0.05, 0.1) is 17.9 Å². The largest absolute Gasteiger partial charge is 0.372 e. The maximum Gasteiger partial charge on any atom is 0.254 e. The van der Waals surface area contributed by atoms with Crippen molar-refractivity contribution in [1.82, 2.24) is 9.27 Å². The number of aromatic nitrogens is 1. The standard InChI is InChI=1S/C20H19N3O2S/c24-20(15-6-3-4-14-12-25-13-17(14)15)23-10-8-22(9-11-23)19-16-5-1-2-7-18(16)26-21-19/h1-7H,8-13H2. The minimum absolute atomic E-state index is 0.120. The summed E-state index contributed by atoms with van der Waals surface area (Å²) in [6.45, 7) is 4.21. The van der Waals surface area contributed by atoms with E-state index in [0.29, 0.717) is 13.2 Å². The molecule has 0 unspecified atom stereocenters. The number of benzene rings is 2. The fourth-order valence-corrected chi connectivity index (χ4v) is 4.59. The number of ether oxygens (including phenoxy) is 1. The van der Waals surface area contributed by atoms with E-state index < -0.39 is 0 Å². The second-order valence-electron chi connectivity index (χ2n) is 6.72. The van der Waals surface area contributed by atoms with E-state index in [0.717, 1.165) is 48.7 Å². The van der Waals surface area contributed by atoms with Crippen molar-refractivity contribution in [2.24, 2.45) is 0 Å². The molecule has 3 heterocycles. The van der Waals surface area contributed by atoms with Gasteiger partial charge in [-0.15, -0.1) is 0 Å². The molecule has 1 saturated heterocycles. The molecule has 0 bridgehead atoms. The van der Waals surface area contributed by atoms with Gasteiger partial charge >= 0.3 is 0 Å². The molecule has 2 aliphatic rings. The van der Waals surface area contributed by atoms with Gasteiger partial charge < -0.3 is 14.5 Å². The molecule has 0 aliphatic carbocycles. The number of nitrogens with zero attached hydrogens (tertiary/aromatic N) is 3. The van der Waals surface area contributed by atoms with Crippen LogP contribution in [-0.4, -0.2) is 41.4 Å². The van der Waals surface area contributed by atoms with Crippen LogP contribution in [0.25, 0.3) is 10.1 Å². The molecule has 0 saturated carbocycles. The van der Waals surface area contributed by atoms with Gasteiger partial charge in [-0.3, -0.25) is 4.79 Å². The first kappa shape index (κ1) is 15.8. The van der Waals surface area contributed by atoms with Crippen LogP contribution in [0.5, 0.6) is 0 Å². The van der Waals surface area contributed by atoms with Gasteiger partial charge in [-0.05, 0) is 40.9 Å². The molecule has 26 heavy (non-hydrogen) atoms. The first-order chi connectivity index (χ1) is 12.8. The Labute approximate surface area is 156 Å². The summed E-state index contributed by atoms with van der Waals surface area (Å²) in [5.41, 5.74) is 3.00. The van der Waals surface area contributed by atoms with E-state index in [2.05, 4.69) is 27.5 Å². The Morgan fingerprint density at radius 1 is 1.00 bits per heavy atom. The van der Waals surface area contributed by atoms with Crippen molar-refractivity contribution in [3.8, 4) is 0 Å². The molecule has 5 rings (SSSR count). The van der Waals surface area contributed by atoms with Gasteiger partial charge in [-0.25, -0.2) is 0 Å². The number of amides is 1. The molecule has 3 aromatic rings. The molecule has 0 atom stereocenters. The average Bonchev–Trinajstić information content (AvgIpc) is 3.34. The highest BCUT2D eigenvalue weighted by molar-refractivity contribution is 7.13. The van der Waals surface area contributed by atoms with Crippen molar-refractivity contribution in [3.05, 3.63) is 59.2 Å². The van der Waals surface area contributed by atoms with Crippen LogP contribution in [0.4, 0.5) is 5.82 Å². The Hall–Kier alpha value is -2.44. The highest BCUT2D eigenvalue weighted by atomic mass is 32.1. The molecular weight excluding hydrogens is 346 g/mol. The topological polar surface area (TPSA) is 45.7 Å². The number of hydrogen-bond donors (Lipinski definition) is 0. The summed E-state index contributed by atoms with van der Waals surface area (Å²) in [7, 11) is 0. The first-order valence-electron chi connectivity index (χ1n) is 8.88. The van der Waals surface area contributed by atoms with Crippen molar-refractivity contribution in [1.29, 1.82) is 0 Å². The minimum Gasteiger partial charge on any atom is -0.372 e. The van der Waals surface area contributed by atoms with Gasteiger partial charge in [-0.2, -0.15) is 4.37 Å². The summed E-state index contributed by atoms with van der Waals surface area (Å²) >= 11 is 1.54. The van der Waals surface area contributed by atoms with Gasteiger partial charge in [0.15, 0.2) is 0 Å². The lowest BCUT2D eigenvalue weighted by molar-refractivity contribution is 0.0742. The number of fused-ring (bicyclic) bond motifs is 2. The summed E-state index contributed by atoms with van der Waals surface area (Å²) in [6, 6.07) is 14.3. The summed E-state index contributed by atoms with van der Waals surface area (Å²) in [4.78, 5) is 17.3. The van der Waals surface area contributed by atoms with Gasteiger partial charge in [0.1, 0.15) is 5.82 Å². The summed E-state index contributed by atoms with van der Waals surface area (Å²) in [6.07, 6.45) is 0. The zero-order valence-corrected chi connectivity index (χ0v) is 15.2. The quantitative estimate of drug-likeness (QED) is 0.699. The Morgan fingerprint density at radius 2 is 1.85 bits per heavy atom. The fraction of sp³-hybridized carbons (Fsp3) is 0.300. The Morgan fingerprint density at radius 3 is 2.73 bits per heavy atom. The van der Waals surface area contributed by atoms with Crippen LogP contribution >= 0.6 is 11.5 Å². The molecule has 2 aromatic carbocycles. The SMILES string of the molecule is O=C(c1cccc2c1COC2)N1CCN(c2nsc3ccccc23)CC1. The number of piperazine rings is 1. The van der Waals surface area contributed by atoms with Crippen LogP contribution < -0.4 is 4.90 Å². The van der Waals surface area contributed by atoms with Gasteiger partial charge in [0.2, 0.25) is 0 Å². The van der Waals surface area contributed by atoms with Crippen LogP contribution in [0.1, 0.15) is 21.5 Å². The van der Waals surface area contributed by atoms with Crippen LogP contribution in [0.3, 0.4) is 0 Å². The third-order valence-corrected chi connectivity index (χ3v) is 6.05. The van der Waals surface area contributed by atoms with E-state index in [4.69, 9.17) is 4.74 Å². The molecule has 1 aromatic heterocycles. The average molecular weight is 365 g/mol. The van der Waals surface area contributed by atoms with Crippen molar-refractivity contribution in [2.75, 3.05) is 31.1 Å².